The maximum atomic E-state index is 9.17. The van der Waals surface area contributed by atoms with Gasteiger partial charge in [0.25, 0.3) is 0 Å². The molecule has 1 aromatic heterocycles. The predicted molar refractivity (Wildman–Crippen MR) is 66.3 cm³/mol. The summed E-state index contributed by atoms with van der Waals surface area (Å²) in [6, 6.07) is 3.40. The van der Waals surface area contributed by atoms with Gasteiger partial charge in [0.1, 0.15) is 10.9 Å². The molecule has 90 valence electrons. The van der Waals surface area contributed by atoms with E-state index in [1.807, 2.05) is 0 Å². The SMILES string of the molecule is Cl.N=C(N)c1cccnc1SCC(O)CO. The second kappa shape index (κ2) is 7.45. The van der Waals surface area contributed by atoms with Gasteiger partial charge in [0, 0.05) is 17.5 Å². The van der Waals surface area contributed by atoms with Crippen LogP contribution in [0.25, 0.3) is 0 Å². The van der Waals surface area contributed by atoms with Crippen molar-refractivity contribution < 1.29 is 10.2 Å². The van der Waals surface area contributed by atoms with E-state index < -0.39 is 6.10 Å². The Morgan fingerprint density at radius 2 is 2.31 bits per heavy atom. The van der Waals surface area contributed by atoms with E-state index in [0.29, 0.717) is 16.3 Å². The summed E-state index contributed by atoms with van der Waals surface area (Å²) in [4.78, 5) is 4.06. The molecule has 0 spiro atoms. The number of aliphatic hydroxyl groups is 2. The average Bonchev–Trinajstić information content (AvgIpc) is 2.26. The van der Waals surface area contributed by atoms with Gasteiger partial charge >= 0.3 is 0 Å². The van der Waals surface area contributed by atoms with Crippen molar-refractivity contribution in [3.05, 3.63) is 23.9 Å². The molecule has 5 N–H and O–H groups in total. The maximum absolute atomic E-state index is 9.17. The average molecular weight is 264 g/mol. The van der Waals surface area contributed by atoms with Crippen LogP contribution in [0.2, 0.25) is 0 Å². The molecule has 16 heavy (non-hydrogen) atoms. The van der Waals surface area contributed by atoms with Crippen LogP contribution >= 0.6 is 24.2 Å². The lowest BCUT2D eigenvalue weighted by Crippen LogP contribution is -2.16. The molecule has 0 radical (unpaired) electrons. The summed E-state index contributed by atoms with van der Waals surface area (Å²) in [7, 11) is 0. The van der Waals surface area contributed by atoms with Gasteiger partial charge in [-0.1, -0.05) is 0 Å². The minimum atomic E-state index is -0.781. The first kappa shape index (κ1) is 15.2. The molecule has 1 heterocycles. The molecule has 1 aromatic rings. The summed E-state index contributed by atoms with van der Waals surface area (Å²) in [6.07, 6.45) is 0.817. The van der Waals surface area contributed by atoms with Crippen LogP contribution in [0, 0.1) is 5.41 Å². The largest absolute Gasteiger partial charge is 0.394 e. The summed E-state index contributed by atoms with van der Waals surface area (Å²) in [5, 5.41) is 25.7. The van der Waals surface area contributed by atoms with Crippen LogP contribution in [0.1, 0.15) is 5.56 Å². The fourth-order valence-electron chi connectivity index (χ4n) is 0.939. The lowest BCUT2D eigenvalue weighted by Gasteiger charge is -2.08. The topological polar surface area (TPSA) is 103 Å². The van der Waals surface area contributed by atoms with E-state index >= 15 is 0 Å². The number of halogens is 1. The summed E-state index contributed by atoms with van der Waals surface area (Å²) >= 11 is 1.27. The van der Waals surface area contributed by atoms with Crippen molar-refractivity contribution in [3.63, 3.8) is 0 Å². The zero-order chi connectivity index (χ0) is 11.3. The molecule has 0 amide bonds. The fourth-order valence-corrected chi connectivity index (χ4v) is 1.86. The molecule has 0 aliphatic heterocycles. The van der Waals surface area contributed by atoms with Crippen molar-refractivity contribution in [1.29, 1.82) is 5.41 Å². The minimum absolute atomic E-state index is 0. The Balaban J connectivity index is 0.00000225. The second-order valence-corrected chi connectivity index (χ2v) is 3.93. The normalized spacial score (nSPS) is 11.6. The minimum Gasteiger partial charge on any atom is -0.394 e. The van der Waals surface area contributed by atoms with Crippen LogP contribution in [-0.4, -0.2) is 39.5 Å². The van der Waals surface area contributed by atoms with E-state index in [2.05, 4.69) is 4.98 Å². The van der Waals surface area contributed by atoms with E-state index in [4.69, 9.17) is 21.4 Å². The molecule has 7 heteroatoms. The fraction of sp³-hybridized carbons (Fsp3) is 0.333. The first-order valence-corrected chi connectivity index (χ1v) is 5.35. The number of nitrogens with one attached hydrogen (secondary N) is 1. The van der Waals surface area contributed by atoms with Crippen LogP contribution < -0.4 is 5.73 Å². The number of aromatic nitrogens is 1. The van der Waals surface area contributed by atoms with Gasteiger partial charge in [0.2, 0.25) is 0 Å². The van der Waals surface area contributed by atoms with Crippen LogP contribution in [0.5, 0.6) is 0 Å². The van der Waals surface area contributed by atoms with E-state index in [-0.39, 0.29) is 24.8 Å². The van der Waals surface area contributed by atoms with Crippen molar-refractivity contribution in [2.24, 2.45) is 5.73 Å². The van der Waals surface area contributed by atoms with Gasteiger partial charge < -0.3 is 15.9 Å². The Kier molecular flexibility index (Phi) is 7.07. The molecule has 0 saturated carbocycles. The molecule has 1 atom stereocenters. The Morgan fingerprint density at radius 1 is 1.62 bits per heavy atom. The van der Waals surface area contributed by atoms with E-state index in [1.165, 1.54) is 11.8 Å². The molecule has 5 nitrogen and oxygen atoms in total. The third kappa shape index (κ3) is 4.36. The number of hydrogen-bond acceptors (Lipinski definition) is 5. The molecule has 1 rings (SSSR count). The first-order chi connectivity index (χ1) is 7.15. The molecule has 0 aromatic carbocycles. The van der Waals surface area contributed by atoms with Crippen LogP contribution in [0.15, 0.2) is 23.4 Å². The number of hydrogen-bond donors (Lipinski definition) is 4. The molecular formula is C9H14ClN3O2S. The third-order valence-electron chi connectivity index (χ3n) is 1.68. The number of nitrogens with zero attached hydrogens (tertiary/aromatic N) is 1. The van der Waals surface area contributed by atoms with Crippen molar-refractivity contribution >= 4 is 30.0 Å². The van der Waals surface area contributed by atoms with Gasteiger partial charge in [0.05, 0.1) is 12.7 Å². The summed E-state index contributed by atoms with van der Waals surface area (Å²) < 4.78 is 0. The summed E-state index contributed by atoms with van der Waals surface area (Å²) in [6.45, 7) is -0.283. The molecule has 0 fully saturated rings. The Hall–Kier alpha value is -0.820. The molecule has 0 bridgehead atoms. The number of thioether (sulfide) groups is 1. The van der Waals surface area contributed by atoms with Crippen LogP contribution in [0.4, 0.5) is 0 Å². The monoisotopic (exact) mass is 263 g/mol. The van der Waals surface area contributed by atoms with Gasteiger partial charge in [-0.05, 0) is 12.1 Å². The van der Waals surface area contributed by atoms with Crippen molar-refractivity contribution in [2.75, 3.05) is 12.4 Å². The van der Waals surface area contributed by atoms with Gasteiger partial charge in [0.15, 0.2) is 0 Å². The zero-order valence-electron chi connectivity index (χ0n) is 8.46. The molecular weight excluding hydrogens is 250 g/mol. The van der Waals surface area contributed by atoms with Crippen molar-refractivity contribution in [1.82, 2.24) is 4.98 Å². The van der Waals surface area contributed by atoms with E-state index in [0.717, 1.165) is 0 Å². The van der Waals surface area contributed by atoms with Gasteiger partial charge in [-0.2, -0.15) is 0 Å². The van der Waals surface area contributed by atoms with Gasteiger partial charge in [-0.25, -0.2) is 4.98 Å². The van der Waals surface area contributed by atoms with Crippen molar-refractivity contribution in [3.8, 4) is 0 Å². The standard InChI is InChI=1S/C9H13N3O2S.ClH/c10-8(11)7-2-1-3-12-9(7)15-5-6(14)4-13;/h1-3,6,13-14H,4-5H2,(H3,10,11);1H. The smallest absolute Gasteiger partial charge is 0.125 e. The van der Waals surface area contributed by atoms with Gasteiger partial charge in [-0.15, -0.1) is 24.2 Å². The number of rotatable bonds is 5. The Morgan fingerprint density at radius 3 is 2.88 bits per heavy atom. The van der Waals surface area contributed by atoms with E-state index in [9.17, 15) is 0 Å². The second-order valence-electron chi connectivity index (χ2n) is 2.92. The number of nitrogen functional groups attached to an aromatic ring is 1. The van der Waals surface area contributed by atoms with Crippen molar-refractivity contribution in [2.45, 2.75) is 11.1 Å². The van der Waals surface area contributed by atoms with Crippen LogP contribution in [0.3, 0.4) is 0 Å². The highest BCUT2D eigenvalue weighted by Crippen LogP contribution is 2.20. The highest BCUT2D eigenvalue weighted by atomic mass is 35.5. The maximum Gasteiger partial charge on any atom is 0.125 e. The quantitative estimate of drug-likeness (QED) is 0.346. The lowest BCUT2D eigenvalue weighted by molar-refractivity contribution is 0.113. The first-order valence-electron chi connectivity index (χ1n) is 4.36. The van der Waals surface area contributed by atoms with E-state index in [1.54, 1.807) is 18.3 Å². The number of pyridine rings is 1. The number of aliphatic hydroxyl groups excluding tert-OH is 2. The predicted octanol–water partition coefficient (Wildman–Crippen LogP) is 0.233. The number of amidine groups is 1. The highest BCUT2D eigenvalue weighted by Gasteiger charge is 2.09. The molecule has 0 aliphatic rings. The Bertz CT molecular complexity index is 351. The summed E-state index contributed by atoms with van der Waals surface area (Å²) in [5.41, 5.74) is 5.92. The van der Waals surface area contributed by atoms with Gasteiger partial charge in [-0.3, -0.25) is 5.41 Å². The van der Waals surface area contributed by atoms with Crippen LogP contribution in [-0.2, 0) is 0 Å². The lowest BCUT2D eigenvalue weighted by atomic mass is 10.3. The molecule has 0 saturated heterocycles. The molecule has 0 aliphatic carbocycles. The summed E-state index contributed by atoms with van der Waals surface area (Å²) in [5.74, 6) is 0.275. The number of nitrogens with two attached hydrogens (primary N) is 1. The molecule has 1 unspecified atom stereocenters. The third-order valence-corrected chi connectivity index (χ3v) is 2.83. The zero-order valence-corrected chi connectivity index (χ0v) is 10.1. The Labute approximate surface area is 104 Å². The highest BCUT2D eigenvalue weighted by molar-refractivity contribution is 7.99.